The summed E-state index contributed by atoms with van der Waals surface area (Å²) in [4.78, 5) is 35.7. The number of esters is 1. The Balaban J connectivity index is 1.71. The van der Waals surface area contributed by atoms with E-state index in [1.54, 1.807) is 24.3 Å². The first-order valence-corrected chi connectivity index (χ1v) is 7.48. The van der Waals surface area contributed by atoms with Gasteiger partial charge in [-0.05, 0) is 19.3 Å². The van der Waals surface area contributed by atoms with Crippen LogP contribution in [-0.2, 0) is 19.1 Å². The Hall–Kier alpha value is -2.37. The summed E-state index contributed by atoms with van der Waals surface area (Å²) in [6, 6.07) is 8.43. The fourth-order valence-corrected chi connectivity index (χ4v) is 2.39. The van der Waals surface area contributed by atoms with E-state index in [-0.39, 0.29) is 17.9 Å². The van der Waals surface area contributed by atoms with E-state index < -0.39 is 18.1 Å². The van der Waals surface area contributed by atoms with Crippen LogP contribution in [0.1, 0.15) is 37.4 Å². The molecule has 6 heteroatoms. The largest absolute Gasteiger partial charge is 0.446 e. The van der Waals surface area contributed by atoms with Gasteiger partial charge in [-0.25, -0.2) is 4.79 Å². The molecule has 3 rings (SSSR count). The number of carbonyl (C=O) groups is 3. The number of benzene rings is 1. The Morgan fingerprint density at radius 3 is 2.50 bits per heavy atom. The predicted molar refractivity (Wildman–Crippen MR) is 77.6 cm³/mol. The van der Waals surface area contributed by atoms with Crippen molar-refractivity contribution in [2.75, 3.05) is 0 Å². The number of rotatable bonds is 5. The molecule has 2 fully saturated rings. The van der Waals surface area contributed by atoms with Crippen molar-refractivity contribution in [3.05, 3.63) is 35.9 Å². The summed E-state index contributed by atoms with van der Waals surface area (Å²) >= 11 is 0. The molecule has 2 aliphatic rings. The first kappa shape index (κ1) is 14.6. The van der Waals surface area contributed by atoms with Gasteiger partial charge in [-0.15, -0.1) is 0 Å². The van der Waals surface area contributed by atoms with Gasteiger partial charge in [0, 0.05) is 18.0 Å². The van der Waals surface area contributed by atoms with Crippen molar-refractivity contribution in [2.24, 2.45) is 0 Å². The molecule has 0 spiro atoms. The van der Waals surface area contributed by atoms with Gasteiger partial charge in [0.05, 0.1) is 0 Å². The van der Waals surface area contributed by atoms with Gasteiger partial charge in [0.25, 0.3) is 5.91 Å². The second kappa shape index (κ2) is 6.17. The van der Waals surface area contributed by atoms with E-state index in [0.717, 1.165) is 12.8 Å². The van der Waals surface area contributed by atoms with Crippen LogP contribution in [0, 0.1) is 0 Å². The number of hydrogen-bond acceptors (Lipinski definition) is 4. The quantitative estimate of drug-likeness (QED) is 0.789. The van der Waals surface area contributed by atoms with Crippen LogP contribution in [0.25, 0.3) is 0 Å². The lowest BCUT2D eigenvalue weighted by Crippen LogP contribution is -2.39. The van der Waals surface area contributed by atoms with Crippen molar-refractivity contribution in [1.29, 1.82) is 0 Å². The van der Waals surface area contributed by atoms with Gasteiger partial charge < -0.3 is 15.4 Å². The summed E-state index contributed by atoms with van der Waals surface area (Å²) in [5.41, 5.74) is 0.623. The maximum atomic E-state index is 12.3. The Bertz CT molecular complexity index is 583. The minimum absolute atomic E-state index is 0.166. The maximum absolute atomic E-state index is 12.3. The third-order valence-corrected chi connectivity index (χ3v) is 3.78. The fourth-order valence-electron chi connectivity index (χ4n) is 2.39. The van der Waals surface area contributed by atoms with Crippen LogP contribution in [0.4, 0.5) is 0 Å². The number of nitrogens with one attached hydrogen (secondary N) is 2. The second-order valence-electron chi connectivity index (χ2n) is 5.67. The van der Waals surface area contributed by atoms with Gasteiger partial charge in [-0.3, -0.25) is 9.59 Å². The average molecular weight is 302 g/mol. The summed E-state index contributed by atoms with van der Waals surface area (Å²) in [5, 5.41) is 5.41. The van der Waals surface area contributed by atoms with Crippen molar-refractivity contribution in [3.8, 4) is 0 Å². The fraction of sp³-hybridized carbons (Fsp3) is 0.438. The van der Waals surface area contributed by atoms with Crippen LogP contribution >= 0.6 is 0 Å². The lowest BCUT2D eigenvalue weighted by molar-refractivity contribution is -0.158. The summed E-state index contributed by atoms with van der Waals surface area (Å²) < 4.78 is 5.39. The molecule has 1 aromatic rings. The van der Waals surface area contributed by atoms with Crippen molar-refractivity contribution >= 4 is 17.8 Å². The van der Waals surface area contributed by atoms with Gasteiger partial charge in [-0.2, -0.15) is 0 Å². The molecule has 2 atom stereocenters. The number of ether oxygens (including phenoxy) is 1. The molecule has 1 saturated carbocycles. The molecule has 1 aliphatic carbocycles. The van der Waals surface area contributed by atoms with Crippen LogP contribution in [0.2, 0.25) is 0 Å². The van der Waals surface area contributed by atoms with Gasteiger partial charge in [-0.1, -0.05) is 30.3 Å². The minimum Gasteiger partial charge on any atom is -0.446 e. The minimum atomic E-state index is -0.980. The second-order valence-corrected chi connectivity index (χ2v) is 5.67. The van der Waals surface area contributed by atoms with Crippen LogP contribution in [0.5, 0.6) is 0 Å². The number of carbonyl (C=O) groups excluding carboxylic acids is 3. The Kier molecular flexibility index (Phi) is 4.09. The molecule has 0 radical (unpaired) electrons. The van der Waals surface area contributed by atoms with Crippen molar-refractivity contribution in [3.63, 3.8) is 0 Å². The standard InChI is InChI=1S/C16H18N2O4/c19-13-9-8-12(18-13)16(21)22-14(10-4-2-1-3-5-10)15(20)17-11-6-7-11/h1-5,11-12,14H,6-9H2,(H,17,20)(H,18,19)/t12-,14+/m0/s1. The van der Waals surface area contributed by atoms with Gasteiger partial charge in [0.1, 0.15) is 6.04 Å². The highest BCUT2D eigenvalue weighted by atomic mass is 16.5. The highest BCUT2D eigenvalue weighted by Gasteiger charge is 2.34. The molecule has 0 bridgehead atoms. The third kappa shape index (κ3) is 3.44. The summed E-state index contributed by atoms with van der Waals surface area (Å²) in [6.07, 6.45) is 1.65. The summed E-state index contributed by atoms with van der Waals surface area (Å²) in [5.74, 6) is -1.04. The van der Waals surface area contributed by atoms with E-state index in [1.165, 1.54) is 0 Å². The monoisotopic (exact) mass is 302 g/mol. The Labute approximate surface area is 128 Å². The zero-order valence-electron chi connectivity index (χ0n) is 12.1. The van der Waals surface area contributed by atoms with Crippen LogP contribution in [-0.4, -0.2) is 29.9 Å². The van der Waals surface area contributed by atoms with Crippen molar-refractivity contribution in [2.45, 2.75) is 43.9 Å². The normalized spacial score (nSPS) is 21.8. The first-order chi connectivity index (χ1) is 10.6. The van der Waals surface area contributed by atoms with E-state index in [1.807, 2.05) is 6.07 Å². The molecular weight excluding hydrogens is 284 g/mol. The molecule has 1 saturated heterocycles. The molecule has 0 unspecified atom stereocenters. The third-order valence-electron chi connectivity index (χ3n) is 3.78. The highest BCUT2D eigenvalue weighted by Crippen LogP contribution is 2.24. The molecular formula is C16H18N2O4. The van der Waals surface area contributed by atoms with E-state index in [2.05, 4.69) is 10.6 Å². The van der Waals surface area contributed by atoms with E-state index in [0.29, 0.717) is 18.4 Å². The number of hydrogen-bond donors (Lipinski definition) is 2. The zero-order chi connectivity index (χ0) is 15.5. The molecule has 1 aromatic carbocycles. The van der Waals surface area contributed by atoms with Gasteiger partial charge in [0.2, 0.25) is 12.0 Å². The van der Waals surface area contributed by atoms with Gasteiger partial charge in [0.15, 0.2) is 0 Å². The summed E-state index contributed by atoms with van der Waals surface area (Å²) in [7, 11) is 0. The first-order valence-electron chi connectivity index (χ1n) is 7.48. The molecule has 0 aromatic heterocycles. The molecule has 116 valence electrons. The lowest BCUT2D eigenvalue weighted by Gasteiger charge is -2.20. The highest BCUT2D eigenvalue weighted by molar-refractivity contribution is 5.90. The molecule has 1 aliphatic heterocycles. The molecule has 22 heavy (non-hydrogen) atoms. The van der Waals surface area contributed by atoms with E-state index in [9.17, 15) is 14.4 Å². The van der Waals surface area contributed by atoms with Crippen molar-refractivity contribution < 1.29 is 19.1 Å². The van der Waals surface area contributed by atoms with Crippen LogP contribution in [0.3, 0.4) is 0 Å². The SMILES string of the molecule is O=C1CC[C@@H](C(=O)O[C@@H](C(=O)NC2CC2)c2ccccc2)N1. The molecule has 2 amide bonds. The lowest BCUT2D eigenvalue weighted by atomic mass is 10.1. The van der Waals surface area contributed by atoms with Gasteiger partial charge >= 0.3 is 5.97 Å². The molecule has 6 nitrogen and oxygen atoms in total. The predicted octanol–water partition coefficient (Wildman–Crippen LogP) is 0.828. The van der Waals surface area contributed by atoms with E-state index in [4.69, 9.17) is 4.74 Å². The number of amides is 2. The molecule has 2 N–H and O–H groups in total. The smallest absolute Gasteiger partial charge is 0.329 e. The average Bonchev–Trinajstić information content (AvgIpc) is 3.23. The Morgan fingerprint density at radius 2 is 1.91 bits per heavy atom. The van der Waals surface area contributed by atoms with Crippen molar-refractivity contribution in [1.82, 2.24) is 10.6 Å². The summed E-state index contributed by atoms with van der Waals surface area (Å²) in [6.45, 7) is 0. The van der Waals surface area contributed by atoms with Crippen LogP contribution < -0.4 is 10.6 Å². The molecule has 1 heterocycles. The topological polar surface area (TPSA) is 84.5 Å². The maximum Gasteiger partial charge on any atom is 0.329 e. The zero-order valence-corrected chi connectivity index (χ0v) is 12.1. The van der Waals surface area contributed by atoms with Crippen LogP contribution in [0.15, 0.2) is 30.3 Å². The Morgan fingerprint density at radius 1 is 1.18 bits per heavy atom. The van der Waals surface area contributed by atoms with E-state index >= 15 is 0 Å².